The first kappa shape index (κ1) is 16.6. The lowest BCUT2D eigenvalue weighted by molar-refractivity contribution is 0.204. The van der Waals surface area contributed by atoms with Gasteiger partial charge in [-0.2, -0.15) is 11.8 Å². The molecule has 1 atom stereocenters. The summed E-state index contributed by atoms with van der Waals surface area (Å²) in [5.41, 5.74) is 2.26. The van der Waals surface area contributed by atoms with Gasteiger partial charge in [-0.25, -0.2) is 4.79 Å². The molecule has 1 aromatic heterocycles. The fourth-order valence-electron chi connectivity index (χ4n) is 2.59. The van der Waals surface area contributed by atoms with Crippen molar-refractivity contribution in [1.29, 1.82) is 0 Å². The molecule has 124 valence electrons. The lowest BCUT2D eigenvalue weighted by Gasteiger charge is -2.11. The second-order valence-electron chi connectivity index (χ2n) is 5.62. The number of aryl methyl sites for hydroxylation is 1. The molecular weight excluding hydrogens is 324 g/mol. The molecule has 1 heterocycles. The number of hydrogen-bond acceptors (Lipinski definition) is 5. The first-order valence-corrected chi connectivity index (χ1v) is 8.78. The average Bonchev–Trinajstić information content (AvgIpc) is 2.59. The van der Waals surface area contributed by atoms with Crippen molar-refractivity contribution in [2.75, 3.05) is 5.75 Å². The maximum atomic E-state index is 11.8. The third-order valence-corrected chi connectivity index (χ3v) is 5.00. The van der Waals surface area contributed by atoms with E-state index in [0.29, 0.717) is 22.7 Å². The van der Waals surface area contributed by atoms with Crippen LogP contribution in [0.3, 0.4) is 0 Å². The van der Waals surface area contributed by atoms with Crippen LogP contribution in [0.15, 0.2) is 57.7 Å². The Morgan fingerprint density at radius 1 is 1.17 bits per heavy atom. The summed E-state index contributed by atoms with van der Waals surface area (Å²) >= 11 is 1.55. The molecule has 3 aromatic rings. The molecule has 2 N–H and O–H groups in total. The monoisotopic (exact) mass is 342 g/mol. The third-order valence-electron chi connectivity index (χ3n) is 3.94. The van der Waals surface area contributed by atoms with Crippen molar-refractivity contribution in [2.24, 2.45) is 0 Å². The Hall–Kier alpha value is -2.24. The summed E-state index contributed by atoms with van der Waals surface area (Å²) in [6.45, 7) is 1.72. The van der Waals surface area contributed by atoms with Crippen LogP contribution in [0.2, 0.25) is 0 Å². The van der Waals surface area contributed by atoms with Gasteiger partial charge in [-0.05, 0) is 30.2 Å². The predicted octanol–water partition coefficient (Wildman–Crippen LogP) is 3.77. The Balaban J connectivity index is 1.78. The number of benzene rings is 2. The van der Waals surface area contributed by atoms with Gasteiger partial charge in [0.2, 0.25) is 0 Å². The van der Waals surface area contributed by atoms with E-state index in [9.17, 15) is 15.0 Å². The molecule has 0 amide bonds. The molecule has 5 heteroatoms. The molecule has 0 fully saturated rings. The van der Waals surface area contributed by atoms with Crippen LogP contribution in [0, 0.1) is 6.92 Å². The van der Waals surface area contributed by atoms with Gasteiger partial charge >= 0.3 is 5.63 Å². The topological polar surface area (TPSA) is 70.7 Å². The van der Waals surface area contributed by atoms with Crippen LogP contribution < -0.4 is 5.63 Å². The molecule has 4 nitrogen and oxygen atoms in total. The van der Waals surface area contributed by atoms with E-state index in [1.54, 1.807) is 30.8 Å². The number of aliphatic hydroxyl groups excluding tert-OH is 1. The molecule has 0 aliphatic rings. The third kappa shape index (κ3) is 3.47. The number of aromatic hydroxyl groups is 1. The molecule has 0 bridgehead atoms. The fraction of sp³-hybridized carbons (Fsp3) is 0.211. The Kier molecular flexibility index (Phi) is 4.92. The van der Waals surface area contributed by atoms with Crippen molar-refractivity contribution < 1.29 is 14.6 Å². The van der Waals surface area contributed by atoms with E-state index in [1.165, 1.54) is 6.07 Å². The quantitative estimate of drug-likeness (QED) is 0.691. The highest BCUT2D eigenvalue weighted by Crippen LogP contribution is 2.29. The van der Waals surface area contributed by atoms with Crippen LogP contribution in [-0.2, 0) is 5.75 Å². The normalized spacial score (nSPS) is 12.4. The van der Waals surface area contributed by atoms with E-state index in [4.69, 9.17) is 4.42 Å². The molecule has 0 aliphatic heterocycles. The summed E-state index contributed by atoms with van der Waals surface area (Å²) in [5, 5.41) is 20.8. The fourth-order valence-corrected chi connectivity index (χ4v) is 3.58. The van der Waals surface area contributed by atoms with Crippen molar-refractivity contribution in [3.05, 3.63) is 75.6 Å². The molecule has 3 rings (SSSR count). The Labute approximate surface area is 143 Å². The van der Waals surface area contributed by atoms with Gasteiger partial charge in [0, 0.05) is 28.5 Å². The first-order chi connectivity index (χ1) is 11.6. The van der Waals surface area contributed by atoms with Gasteiger partial charge in [0.15, 0.2) is 0 Å². The van der Waals surface area contributed by atoms with E-state index in [-0.39, 0.29) is 5.75 Å². The molecule has 0 spiro atoms. The molecule has 0 saturated carbocycles. The Morgan fingerprint density at radius 2 is 1.92 bits per heavy atom. The van der Waals surface area contributed by atoms with Gasteiger partial charge in [-0.15, -0.1) is 0 Å². The maximum absolute atomic E-state index is 11.8. The standard InChI is InChI=1S/C19H18O4S/c1-12-16(20)8-7-15-14(9-18(22)23-19(12)15)10-24-11-17(21)13-5-3-2-4-6-13/h2-9,17,20-21H,10-11H2,1H3. The van der Waals surface area contributed by atoms with Crippen molar-refractivity contribution >= 4 is 22.7 Å². The van der Waals surface area contributed by atoms with Crippen molar-refractivity contribution in [3.8, 4) is 5.75 Å². The van der Waals surface area contributed by atoms with E-state index < -0.39 is 11.7 Å². The van der Waals surface area contributed by atoms with Crippen molar-refractivity contribution in [1.82, 2.24) is 0 Å². The Morgan fingerprint density at radius 3 is 2.67 bits per heavy atom. The summed E-state index contributed by atoms with van der Waals surface area (Å²) in [7, 11) is 0. The summed E-state index contributed by atoms with van der Waals surface area (Å²) in [6.07, 6.45) is -0.548. The number of thioether (sulfide) groups is 1. The smallest absolute Gasteiger partial charge is 0.336 e. The van der Waals surface area contributed by atoms with Crippen LogP contribution in [0.1, 0.15) is 22.8 Å². The summed E-state index contributed by atoms with van der Waals surface area (Å²) in [5.74, 6) is 1.22. The number of phenols is 1. The van der Waals surface area contributed by atoms with Crippen LogP contribution in [0.25, 0.3) is 11.0 Å². The minimum Gasteiger partial charge on any atom is -0.508 e. The van der Waals surface area contributed by atoms with E-state index >= 15 is 0 Å². The molecule has 0 radical (unpaired) electrons. The second-order valence-corrected chi connectivity index (χ2v) is 6.65. The van der Waals surface area contributed by atoms with Gasteiger partial charge in [-0.3, -0.25) is 0 Å². The largest absolute Gasteiger partial charge is 0.508 e. The number of fused-ring (bicyclic) bond motifs is 1. The number of rotatable bonds is 5. The molecule has 0 aliphatic carbocycles. The van der Waals surface area contributed by atoms with E-state index in [1.807, 2.05) is 30.3 Å². The van der Waals surface area contributed by atoms with Gasteiger partial charge in [-0.1, -0.05) is 30.3 Å². The van der Waals surface area contributed by atoms with Crippen molar-refractivity contribution in [3.63, 3.8) is 0 Å². The zero-order valence-electron chi connectivity index (χ0n) is 13.2. The number of hydrogen-bond donors (Lipinski definition) is 2. The van der Waals surface area contributed by atoms with Gasteiger partial charge in [0.05, 0.1) is 6.10 Å². The van der Waals surface area contributed by atoms with Gasteiger partial charge < -0.3 is 14.6 Å². The summed E-state index contributed by atoms with van der Waals surface area (Å²) < 4.78 is 5.24. The first-order valence-electron chi connectivity index (χ1n) is 7.62. The highest BCUT2D eigenvalue weighted by atomic mass is 32.2. The van der Waals surface area contributed by atoms with Crippen molar-refractivity contribution in [2.45, 2.75) is 18.8 Å². The molecule has 24 heavy (non-hydrogen) atoms. The highest BCUT2D eigenvalue weighted by molar-refractivity contribution is 7.98. The zero-order chi connectivity index (χ0) is 17.1. The van der Waals surface area contributed by atoms with E-state index in [0.717, 1.165) is 16.5 Å². The highest BCUT2D eigenvalue weighted by Gasteiger charge is 2.12. The molecule has 1 unspecified atom stereocenters. The van der Waals surface area contributed by atoms with Crippen LogP contribution in [0.5, 0.6) is 5.75 Å². The maximum Gasteiger partial charge on any atom is 0.336 e. The van der Waals surface area contributed by atoms with Crippen LogP contribution in [-0.4, -0.2) is 16.0 Å². The lowest BCUT2D eigenvalue weighted by Crippen LogP contribution is -2.03. The predicted molar refractivity (Wildman–Crippen MR) is 96.4 cm³/mol. The minimum absolute atomic E-state index is 0.106. The van der Waals surface area contributed by atoms with E-state index in [2.05, 4.69) is 0 Å². The molecular formula is C19H18O4S. The molecule has 2 aromatic carbocycles. The van der Waals surface area contributed by atoms with Gasteiger partial charge in [0.1, 0.15) is 11.3 Å². The van der Waals surface area contributed by atoms with Gasteiger partial charge in [0.25, 0.3) is 0 Å². The second kappa shape index (κ2) is 7.11. The Bertz CT molecular complexity index is 902. The number of aliphatic hydroxyl groups is 1. The zero-order valence-corrected chi connectivity index (χ0v) is 14.0. The number of phenolic OH excluding ortho intramolecular Hbond substituents is 1. The average molecular weight is 342 g/mol. The van der Waals surface area contributed by atoms with Crippen LogP contribution >= 0.6 is 11.8 Å². The molecule has 0 saturated heterocycles. The van der Waals surface area contributed by atoms with Crippen LogP contribution in [0.4, 0.5) is 0 Å². The SMILES string of the molecule is Cc1c(O)ccc2c(CSCC(O)c3ccccc3)cc(=O)oc12. The summed E-state index contributed by atoms with van der Waals surface area (Å²) in [6, 6.07) is 14.3. The lowest BCUT2D eigenvalue weighted by atomic mass is 10.1. The summed E-state index contributed by atoms with van der Waals surface area (Å²) in [4.78, 5) is 11.8. The minimum atomic E-state index is -0.548.